The molecule has 0 unspecified atom stereocenters. The molecule has 0 aromatic rings. The molecule has 8 heavy (non-hydrogen) atoms. The van der Waals surface area contributed by atoms with Gasteiger partial charge in [0.2, 0.25) is 6.54 Å². The van der Waals surface area contributed by atoms with E-state index in [-0.39, 0.29) is 11.5 Å². The first-order chi connectivity index (χ1) is 3.77. The van der Waals surface area contributed by atoms with Gasteiger partial charge in [0, 0.05) is 4.92 Å². The van der Waals surface area contributed by atoms with Crippen LogP contribution >= 0.6 is 0 Å². The molecule has 0 amide bonds. The fourth-order valence-electron chi connectivity index (χ4n) is 0.278. The largest absolute Gasteiger partial charge is 0.264 e. The molecule has 0 N–H and O–H groups in total. The van der Waals surface area contributed by atoms with Gasteiger partial charge in [-0.15, -0.1) is 0 Å². The summed E-state index contributed by atoms with van der Waals surface area (Å²) >= 11 is 0. The molecular weight excluding hydrogens is 106 g/mol. The maximum atomic E-state index is 9.61. The number of allylic oxidation sites excluding steroid dienone is 1. The molecule has 0 bridgehead atoms. The smallest absolute Gasteiger partial charge is 0.222 e. The Morgan fingerprint density at radius 2 is 2.25 bits per heavy atom. The van der Waals surface area contributed by atoms with E-state index in [0.717, 1.165) is 0 Å². The quantitative estimate of drug-likeness (QED) is 0.238. The van der Waals surface area contributed by atoms with Crippen LogP contribution in [0.1, 0.15) is 6.42 Å². The van der Waals surface area contributed by atoms with Crippen molar-refractivity contribution in [2.24, 2.45) is 0 Å². The van der Waals surface area contributed by atoms with E-state index in [1.165, 1.54) is 6.08 Å². The summed E-state index contributed by atoms with van der Waals surface area (Å²) in [6.45, 7) is 3.39. The average molecular weight is 114 g/mol. The van der Waals surface area contributed by atoms with Gasteiger partial charge in [0.25, 0.3) is 0 Å². The van der Waals surface area contributed by atoms with Gasteiger partial charge in [-0.2, -0.15) is 0 Å². The Balaban J connectivity index is 3.16. The first-order valence-corrected chi connectivity index (χ1v) is 2.33. The highest BCUT2D eigenvalue weighted by atomic mass is 16.6. The minimum Gasteiger partial charge on any atom is -0.264 e. The van der Waals surface area contributed by atoms with Gasteiger partial charge in [0.1, 0.15) is 6.42 Å². The van der Waals surface area contributed by atoms with Crippen LogP contribution in [0.5, 0.6) is 0 Å². The van der Waals surface area contributed by atoms with Gasteiger partial charge in [-0.05, 0) is 12.2 Å². The summed E-state index contributed by atoms with van der Waals surface area (Å²) in [5.41, 5.74) is 0. The van der Waals surface area contributed by atoms with E-state index in [1.807, 2.05) is 0 Å². The van der Waals surface area contributed by atoms with Crippen molar-refractivity contribution in [3.63, 3.8) is 0 Å². The number of nitro groups is 1. The zero-order valence-electron chi connectivity index (χ0n) is 4.54. The van der Waals surface area contributed by atoms with Crippen LogP contribution in [0.15, 0.2) is 12.2 Å². The third kappa shape index (κ3) is 5.01. The van der Waals surface area contributed by atoms with Gasteiger partial charge in [-0.25, -0.2) is 0 Å². The van der Waals surface area contributed by atoms with E-state index >= 15 is 0 Å². The normalized spacial score (nSPS) is 10.0. The van der Waals surface area contributed by atoms with Crippen molar-refractivity contribution in [1.29, 1.82) is 0 Å². The monoisotopic (exact) mass is 114 g/mol. The third-order valence-corrected chi connectivity index (χ3v) is 0.588. The van der Waals surface area contributed by atoms with Crippen molar-refractivity contribution >= 4 is 0 Å². The highest BCUT2D eigenvalue weighted by Crippen LogP contribution is 1.78. The molecule has 0 aliphatic carbocycles. The van der Waals surface area contributed by atoms with Crippen LogP contribution in [0, 0.1) is 17.0 Å². The van der Waals surface area contributed by atoms with Crippen molar-refractivity contribution in [2.45, 2.75) is 6.42 Å². The molecule has 0 aromatic heterocycles. The van der Waals surface area contributed by atoms with Gasteiger partial charge in [0.15, 0.2) is 0 Å². The molecule has 0 atom stereocenters. The summed E-state index contributed by atoms with van der Waals surface area (Å²) in [4.78, 5) is 9.23. The second-order valence-corrected chi connectivity index (χ2v) is 1.28. The fourth-order valence-corrected chi connectivity index (χ4v) is 0.278. The summed E-state index contributed by atoms with van der Waals surface area (Å²) in [5.74, 6) is 0. The summed E-state index contributed by atoms with van der Waals surface area (Å²) in [7, 11) is 0. The van der Waals surface area contributed by atoms with Crippen LogP contribution < -0.4 is 0 Å². The predicted molar refractivity (Wildman–Crippen MR) is 31.0 cm³/mol. The molecule has 0 saturated heterocycles. The summed E-state index contributed by atoms with van der Waals surface area (Å²) in [6, 6.07) is 0. The maximum Gasteiger partial charge on any atom is 0.222 e. The first-order valence-electron chi connectivity index (χ1n) is 2.33. The zero-order chi connectivity index (χ0) is 6.41. The molecule has 0 aliphatic rings. The Kier molecular flexibility index (Phi) is 3.66. The molecule has 3 heteroatoms. The lowest BCUT2D eigenvalue weighted by atomic mass is 10.4. The molecule has 0 heterocycles. The van der Waals surface area contributed by atoms with Crippen LogP contribution in [0.3, 0.4) is 0 Å². The van der Waals surface area contributed by atoms with E-state index < -0.39 is 0 Å². The van der Waals surface area contributed by atoms with Gasteiger partial charge in [-0.3, -0.25) is 10.1 Å². The topological polar surface area (TPSA) is 43.1 Å². The summed E-state index contributed by atoms with van der Waals surface area (Å²) < 4.78 is 0. The predicted octanol–water partition coefficient (Wildman–Crippen LogP) is 1.04. The number of rotatable bonds is 3. The number of nitrogens with zero attached hydrogens (tertiary/aromatic N) is 1. The SMILES string of the molecule is [CH2+]C/C=C/C[N+](=O)[O-]. The molecular formula is C5H8NO2+. The molecule has 0 fully saturated rings. The Hall–Kier alpha value is -0.990. The van der Waals surface area contributed by atoms with Crippen molar-refractivity contribution in [3.8, 4) is 0 Å². The lowest BCUT2D eigenvalue weighted by Crippen LogP contribution is -1.95. The van der Waals surface area contributed by atoms with Crippen molar-refractivity contribution in [1.82, 2.24) is 0 Å². The lowest BCUT2D eigenvalue weighted by molar-refractivity contribution is -0.468. The second kappa shape index (κ2) is 4.18. The summed E-state index contributed by atoms with van der Waals surface area (Å²) in [5, 5.41) is 9.61. The van der Waals surface area contributed by atoms with Crippen molar-refractivity contribution < 1.29 is 4.92 Å². The minimum absolute atomic E-state index is 0.0878. The van der Waals surface area contributed by atoms with Crippen molar-refractivity contribution in [3.05, 3.63) is 29.2 Å². The Morgan fingerprint density at radius 3 is 2.62 bits per heavy atom. The van der Waals surface area contributed by atoms with Gasteiger partial charge in [0.05, 0.1) is 6.92 Å². The minimum atomic E-state index is -0.383. The van der Waals surface area contributed by atoms with E-state index in [1.54, 1.807) is 6.08 Å². The number of hydrogen-bond donors (Lipinski definition) is 0. The van der Waals surface area contributed by atoms with E-state index in [4.69, 9.17) is 0 Å². The summed E-state index contributed by atoms with van der Waals surface area (Å²) in [6.07, 6.45) is 3.78. The van der Waals surface area contributed by atoms with Crippen LogP contribution in [0.25, 0.3) is 0 Å². The third-order valence-electron chi connectivity index (χ3n) is 0.588. The Bertz CT molecular complexity index is 98.6. The molecule has 0 aliphatic heterocycles. The first kappa shape index (κ1) is 7.01. The van der Waals surface area contributed by atoms with Gasteiger partial charge < -0.3 is 0 Å². The van der Waals surface area contributed by atoms with Crippen LogP contribution in [0.2, 0.25) is 0 Å². The average Bonchev–Trinajstić information content (AvgIpc) is 1.66. The molecule has 44 valence electrons. The standard InChI is InChI=1S/C5H8NO2/c1-2-3-4-5-6(7)8/h3-4H,1-2,5H2/q+1/b4-3+. The van der Waals surface area contributed by atoms with Crippen molar-refractivity contribution in [2.75, 3.05) is 6.54 Å². The van der Waals surface area contributed by atoms with Crippen LogP contribution in [-0.2, 0) is 0 Å². The van der Waals surface area contributed by atoms with E-state index in [2.05, 4.69) is 6.92 Å². The van der Waals surface area contributed by atoms with Crippen LogP contribution in [0.4, 0.5) is 0 Å². The molecule has 3 nitrogen and oxygen atoms in total. The van der Waals surface area contributed by atoms with E-state index in [0.29, 0.717) is 6.42 Å². The van der Waals surface area contributed by atoms with Gasteiger partial charge >= 0.3 is 0 Å². The second-order valence-electron chi connectivity index (χ2n) is 1.28. The zero-order valence-corrected chi connectivity index (χ0v) is 4.54. The molecule has 0 aromatic carbocycles. The molecule has 0 radical (unpaired) electrons. The number of hydrogen-bond acceptors (Lipinski definition) is 2. The fraction of sp³-hybridized carbons (Fsp3) is 0.400. The van der Waals surface area contributed by atoms with Crippen LogP contribution in [-0.4, -0.2) is 11.5 Å². The molecule has 0 saturated carbocycles. The van der Waals surface area contributed by atoms with E-state index in [9.17, 15) is 10.1 Å². The lowest BCUT2D eigenvalue weighted by Gasteiger charge is -1.78. The highest BCUT2D eigenvalue weighted by Gasteiger charge is 1.85. The Labute approximate surface area is 48.2 Å². The molecule has 0 spiro atoms. The van der Waals surface area contributed by atoms with Gasteiger partial charge in [-0.1, -0.05) is 0 Å². The maximum absolute atomic E-state index is 9.61. The Morgan fingerprint density at radius 1 is 1.62 bits per heavy atom. The highest BCUT2D eigenvalue weighted by molar-refractivity contribution is 4.81. The molecule has 0 rings (SSSR count).